The van der Waals surface area contributed by atoms with Crippen molar-refractivity contribution >= 4 is 0 Å². The smallest absolute Gasteiger partial charge is 0.252 e. The zero-order valence-electron chi connectivity index (χ0n) is 11.1. The van der Waals surface area contributed by atoms with Crippen LogP contribution in [0.15, 0.2) is 4.52 Å². The van der Waals surface area contributed by atoms with Gasteiger partial charge in [-0.2, -0.15) is 4.98 Å². The van der Waals surface area contributed by atoms with Crippen LogP contribution in [-0.4, -0.2) is 41.0 Å². The van der Waals surface area contributed by atoms with Crippen molar-refractivity contribution in [3.8, 4) is 0 Å². The van der Waals surface area contributed by atoms with Gasteiger partial charge in [-0.25, -0.2) is 0 Å². The van der Waals surface area contributed by atoms with Crippen molar-refractivity contribution < 1.29 is 14.0 Å². The second kappa shape index (κ2) is 4.26. The highest BCUT2D eigenvalue weighted by atomic mass is 16.5. The van der Waals surface area contributed by atoms with Gasteiger partial charge in [-0.15, -0.1) is 0 Å². The molecule has 3 aliphatic rings. The van der Waals surface area contributed by atoms with Crippen molar-refractivity contribution in [3.63, 3.8) is 0 Å². The number of aromatic nitrogens is 2. The minimum absolute atomic E-state index is 0.0792. The molecule has 1 aromatic heterocycles. The predicted octanol–water partition coefficient (Wildman–Crippen LogP) is 0.983. The molecule has 0 amide bonds. The van der Waals surface area contributed by atoms with Crippen LogP contribution in [0, 0.1) is 0 Å². The summed E-state index contributed by atoms with van der Waals surface area (Å²) < 4.78 is 16.9. The predicted molar refractivity (Wildman–Crippen MR) is 65.6 cm³/mol. The summed E-state index contributed by atoms with van der Waals surface area (Å²) in [6, 6.07) is 0. The lowest BCUT2D eigenvalue weighted by molar-refractivity contribution is -0.0841. The van der Waals surface area contributed by atoms with E-state index in [4.69, 9.17) is 14.0 Å². The lowest BCUT2D eigenvalue weighted by Crippen LogP contribution is -2.58. The average molecular weight is 265 g/mol. The van der Waals surface area contributed by atoms with E-state index >= 15 is 0 Å². The average Bonchev–Trinajstić information content (AvgIpc) is 3.09. The second-order valence-corrected chi connectivity index (χ2v) is 6.10. The molecule has 6 nitrogen and oxygen atoms in total. The molecule has 0 aromatic carbocycles. The van der Waals surface area contributed by atoms with Gasteiger partial charge >= 0.3 is 0 Å². The van der Waals surface area contributed by atoms with Gasteiger partial charge in [0.2, 0.25) is 0 Å². The van der Waals surface area contributed by atoms with E-state index in [2.05, 4.69) is 22.4 Å². The van der Waals surface area contributed by atoms with E-state index in [1.54, 1.807) is 0 Å². The van der Waals surface area contributed by atoms with Crippen LogP contribution < -0.4 is 5.32 Å². The van der Waals surface area contributed by atoms with Crippen molar-refractivity contribution in [1.29, 1.82) is 0 Å². The lowest BCUT2D eigenvalue weighted by Gasteiger charge is -2.38. The Balaban J connectivity index is 1.39. The molecule has 1 aromatic rings. The molecule has 19 heavy (non-hydrogen) atoms. The maximum Gasteiger partial charge on any atom is 0.252 e. The van der Waals surface area contributed by atoms with Crippen LogP contribution in [0.2, 0.25) is 0 Å². The number of rotatable bonds is 4. The number of nitrogens with one attached hydrogen (secondary N) is 1. The third-order valence-electron chi connectivity index (χ3n) is 4.46. The minimum atomic E-state index is -0.0792. The van der Waals surface area contributed by atoms with E-state index in [0.29, 0.717) is 30.6 Å². The third-order valence-corrected chi connectivity index (χ3v) is 4.46. The summed E-state index contributed by atoms with van der Waals surface area (Å²) in [5.41, 5.74) is -0.0792. The van der Waals surface area contributed by atoms with Crippen LogP contribution >= 0.6 is 0 Å². The van der Waals surface area contributed by atoms with Crippen LogP contribution in [-0.2, 0) is 16.1 Å². The van der Waals surface area contributed by atoms with Crippen LogP contribution in [0.25, 0.3) is 0 Å². The lowest BCUT2D eigenvalue weighted by atomic mass is 9.89. The number of hydrogen-bond donors (Lipinski definition) is 1. The SMILES string of the molecule is CC1(OCc2nc(C3CC4CCC3O4)no2)CNC1. The summed E-state index contributed by atoms with van der Waals surface area (Å²) in [5, 5.41) is 7.30. The molecule has 0 saturated carbocycles. The molecule has 3 fully saturated rings. The molecule has 104 valence electrons. The van der Waals surface area contributed by atoms with Crippen LogP contribution in [0.5, 0.6) is 0 Å². The maximum atomic E-state index is 5.83. The molecule has 2 bridgehead atoms. The molecule has 4 heterocycles. The van der Waals surface area contributed by atoms with Crippen LogP contribution in [0.1, 0.15) is 43.8 Å². The van der Waals surface area contributed by atoms with Crippen molar-refractivity contribution in [2.24, 2.45) is 0 Å². The Hall–Kier alpha value is -0.980. The van der Waals surface area contributed by atoms with Gasteiger partial charge in [0.25, 0.3) is 5.89 Å². The molecule has 1 N–H and O–H groups in total. The number of fused-ring (bicyclic) bond motifs is 2. The Morgan fingerprint density at radius 1 is 1.42 bits per heavy atom. The Morgan fingerprint density at radius 3 is 2.95 bits per heavy atom. The van der Waals surface area contributed by atoms with E-state index < -0.39 is 0 Å². The molecular formula is C13H19N3O3. The van der Waals surface area contributed by atoms with Crippen molar-refractivity contribution in [1.82, 2.24) is 15.5 Å². The molecule has 0 aliphatic carbocycles. The Bertz CT molecular complexity index is 471. The van der Waals surface area contributed by atoms with Crippen LogP contribution in [0.4, 0.5) is 0 Å². The Kier molecular flexibility index (Phi) is 2.65. The van der Waals surface area contributed by atoms with E-state index in [0.717, 1.165) is 31.8 Å². The highest BCUT2D eigenvalue weighted by Crippen LogP contribution is 2.43. The zero-order valence-corrected chi connectivity index (χ0v) is 11.1. The first-order valence-corrected chi connectivity index (χ1v) is 7.04. The van der Waals surface area contributed by atoms with E-state index in [1.165, 1.54) is 6.42 Å². The van der Waals surface area contributed by atoms with Gasteiger partial charge in [0.1, 0.15) is 6.61 Å². The van der Waals surface area contributed by atoms with Crippen molar-refractivity contribution in [3.05, 3.63) is 11.7 Å². The summed E-state index contributed by atoms with van der Waals surface area (Å²) in [7, 11) is 0. The second-order valence-electron chi connectivity index (χ2n) is 6.10. The van der Waals surface area contributed by atoms with E-state index in [-0.39, 0.29) is 5.60 Å². The van der Waals surface area contributed by atoms with Crippen molar-refractivity contribution in [2.45, 2.75) is 56.5 Å². The zero-order chi connectivity index (χ0) is 12.9. The van der Waals surface area contributed by atoms with Crippen molar-refractivity contribution in [2.75, 3.05) is 13.1 Å². The standard InChI is InChI=1S/C13H19N3O3/c1-13(6-14-7-13)17-5-11-15-12(16-19-11)9-4-8-2-3-10(9)18-8/h8-10,14H,2-7H2,1H3. The fourth-order valence-electron chi connectivity index (χ4n) is 3.20. The first kappa shape index (κ1) is 11.8. The highest BCUT2D eigenvalue weighted by Gasteiger charge is 2.43. The summed E-state index contributed by atoms with van der Waals surface area (Å²) in [4.78, 5) is 4.47. The van der Waals surface area contributed by atoms with E-state index in [9.17, 15) is 0 Å². The normalized spacial score (nSPS) is 35.5. The van der Waals surface area contributed by atoms with Gasteiger partial charge in [0, 0.05) is 13.1 Å². The first-order chi connectivity index (χ1) is 9.22. The van der Waals surface area contributed by atoms with Gasteiger partial charge < -0.3 is 19.3 Å². The molecule has 0 radical (unpaired) electrons. The summed E-state index contributed by atoms with van der Waals surface area (Å²) in [5.74, 6) is 1.69. The Labute approximate surface area is 111 Å². The minimum Gasteiger partial charge on any atom is -0.374 e. The summed E-state index contributed by atoms with van der Waals surface area (Å²) >= 11 is 0. The van der Waals surface area contributed by atoms with Crippen LogP contribution in [0.3, 0.4) is 0 Å². The monoisotopic (exact) mass is 265 g/mol. The molecule has 0 spiro atoms. The Morgan fingerprint density at radius 2 is 2.32 bits per heavy atom. The molecular weight excluding hydrogens is 246 g/mol. The first-order valence-electron chi connectivity index (χ1n) is 7.04. The molecule has 3 atom stereocenters. The highest BCUT2D eigenvalue weighted by molar-refractivity contribution is 5.06. The quantitative estimate of drug-likeness (QED) is 0.875. The van der Waals surface area contributed by atoms with E-state index in [1.807, 2.05) is 0 Å². The maximum absolute atomic E-state index is 5.83. The van der Waals surface area contributed by atoms with Gasteiger partial charge in [0.15, 0.2) is 5.82 Å². The topological polar surface area (TPSA) is 69.4 Å². The third kappa shape index (κ3) is 2.07. The molecule has 3 unspecified atom stereocenters. The van der Waals surface area contributed by atoms with Gasteiger partial charge in [-0.05, 0) is 26.2 Å². The largest absolute Gasteiger partial charge is 0.374 e. The van der Waals surface area contributed by atoms with Gasteiger partial charge in [-0.1, -0.05) is 5.16 Å². The number of nitrogens with zero attached hydrogens (tertiary/aromatic N) is 2. The number of hydrogen-bond acceptors (Lipinski definition) is 6. The summed E-state index contributed by atoms with van der Waals surface area (Å²) in [6.07, 6.45) is 4.05. The fourth-order valence-corrected chi connectivity index (χ4v) is 3.20. The molecule has 3 aliphatic heterocycles. The van der Waals surface area contributed by atoms with Gasteiger partial charge in [-0.3, -0.25) is 0 Å². The molecule has 6 heteroatoms. The van der Waals surface area contributed by atoms with Gasteiger partial charge in [0.05, 0.1) is 23.7 Å². The molecule has 4 rings (SSSR count). The fraction of sp³-hybridized carbons (Fsp3) is 0.846. The summed E-state index contributed by atoms with van der Waals surface area (Å²) in [6.45, 7) is 4.25. The molecule has 3 saturated heterocycles. The number of ether oxygens (including phenoxy) is 2.